The summed E-state index contributed by atoms with van der Waals surface area (Å²) in [4.78, 5) is 35.1. The molecule has 2 heterocycles. The summed E-state index contributed by atoms with van der Waals surface area (Å²) in [5.74, 6) is -0.237. The molecule has 29 heavy (non-hydrogen) atoms. The van der Waals surface area contributed by atoms with E-state index in [0.717, 1.165) is 16.8 Å². The molecule has 2 aromatic heterocycles. The van der Waals surface area contributed by atoms with Crippen LogP contribution in [-0.2, 0) is 4.79 Å². The van der Waals surface area contributed by atoms with Crippen LogP contribution in [0.3, 0.4) is 0 Å². The highest BCUT2D eigenvalue weighted by Crippen LogP contribution is 2.30. The fourth-order valence-electron chi connectivity index (χ4n) is 3.17. The first-order chi connectivity index (χ1) is 13.9. The van der Waals surface area contributed by atoms with E-state index in [4.69, 9.17) is 0 Å². The molecule has 0 fully saturated rings. The summed E-state index contributed by atoms with van der Waals surface area (Å²) in [7, 11) is 0. The molecule has 0 bridgehead atoms. The Morgan fingerprint density at radius 2 is 1.79 bits per heavy atom. The number of pyridine rings is 2. The SMILES string of the molecule is CCN(CC)C(=O)c1cnc2nc(C)ccc2c1Nc1cccc(NC(C)=O)c1. The van der Waals surface area contributed by atoms with Crippen LogP contribution in [0.25, 0.3) is 11.0 Å². The highest BCUT2D eigenvalue weighted by atomic mass is 16.2. The van der Waals surface area contributed by atoms with Gasteiger partial charge in [0.1, 0.15) is 0 Å². The van der Waals surface area contributed by atoms with Crippen molar-refractivity contribution in [2.75, 3.05) is 23.7 Å². The molecule has 2 amide bonds. The molecule has 0 spiro atoms. The molecular formula is C22H25N5O2. The molecule has 0 saturated carbocycles. The number of fused-ring (bicyclic) bond motifs is 1. The number of nitrogens with zero attached hydrogens (tertiary/aromatic N) is 3. The molecule has 3 rings (SSSR count). The highest BCUT2D eigenvalue weighted by molar-refractivity contribution is 6.07. The minimum absolute atomic E-state index is 0.0921. The Kier molecular flexibility index (Phi) is 6.07. The smallest absolute Gasteiger partial charge is 0.257 e. The summed E-state index contributed by atoms with van der Waals surface area (Å²) >= 11 is 0. The van der Waals surface area contributed by atoms with Crippen LogP contribution in [0.15, 0.2) is 42.6 Å². The number of aromatic nitrogens is 2. The van der Waals surface area contributed by atoms with Crippen molar-refractivity contribution in [3.8, 4) is 0 Å². The summed E-state index contributed by atoms with van der Waals surface area (Å²) < 4.78 is 0. The van der Waals surface area contributed by atoms with E-state index in [0.29, 0.717) is 35.7 Å². The lowest BCUT2D eigenvalue weighted by Gasteiger charge is -2.21. The Bertz CT molecular complexity index is 1060. The molecule has 0 aliphatic heterocycles. The first-order valence-electron chi connectivity index (χ1n) is 9.63. The summed E-state index contributed by atoms with van der Waals surface area (Å²) in [5.41, 5.74) is 3.98. The average Bonchev–Trinajstić information content (AvgIpc) is 2.68. The molecule has 0 radical (unpaired) electrons. The lowest BCUT2D eigenvalue weighted by Crippen LogP contribution is -2.31. The van der Waals surface area contributed by atoms with Crippen LogP contribution in [0.5, 0.6) is 0 Å². The van der Waals surface area contributed by atoms with Gasteiger partial charge in [0.05, 0.1) is 11.3 Å². The van der Waals surface area contributed by atoms with E-state index in [9.17, 15) is 9.59 Å². The van der Waals surface area contributed by atoms with E-state index in [2.05, 4.69) is 20.6 Å². The van der Waals surface area contributed by atoms with Gasteiger partial charge in [-0.2, -0.15) is 0 Å². The molecule has 0 aliphatic carbocycles. The van der Waals surface area contributed by atoms with Gasteiger partial charge in [-0.25, -0.2) is 9.97 Å². The van der Waals surface area contributed by atoms with Crippen molar-refractivity contribution in [1.29, 1.82) is 0 Å². The van der Waals surface area contributed by atoms with Gasteiger partial charge in [-0.05, 0) is 51.1 Å². The largest absolute Gasteiger partial charge is 0.354 e. The third-order valence-corrected chi connectivity index (χ3v) is 4.60. The van der Waals surface area contributed by atoms with Gasteiger partial charge < -0.3 is 15.5 Å². The third-order valence-electron chi connectivity index (χ3n) is 4.60. The predicted molar refractivity (Wildman–Crippen MR) is 116 cm³/mol. The van der Waals surface area contributed by atoms with Crippen molar-refractivity contribution < 1.29 is 9.59 Å². The van der Waals surface area contributed by atoms with Crippen LogP contribution in [-0.4, -0.2) is 39.8 Å². The lowest BCUT2D eigenvalue weighted by atomic mass is 10.1. The van der Waals surface area contributed by atoms with Crippen LogP contribution < -0.4 is 10.6 Å². The zero-order chi connectivity index (χ0) is 21.0. The lowest BCUT2D eigenvalue weighted by molar-refractivity contribution is -0.114. The van der Waals surface area contributed by atoms with E-state index in [1.165, 1.54) is 6.92 Å². The van der Waals surface area contributed by atoms with Crippen LogP contribution in [0.4, 0.5) is 17.1 Å². The second kappa shape index (κ2) is 8.68. The minimum Gasteiger partial charge on any atom is -0.354 e. The Labute approximate surface area is 170 Å². The zero-order valence-electron chi connectivity index (χ0n) is 17.1. The standard InChI is InChI=1S/C22H25N5O2/c1-5-27(6-2)22(29)19-13-23-21-18(11-10-14(3)24-21)20(19)26-17-9-7-8-16(12-17)25-15(4)28/h7-13H,5-6H2,1-4H3,(H,25,28)(H,23,24,26). The first kappa shape index (κ1) is 20.3. The van der Waals surface area contributed by atoms with Gasteiger partial charge in [-0.15, -0.1) is 0 Å². The molecule has 2 N–H and O–H groups in total. The molecular weight excluding hydrogens is 366 g/mol. The highest BCUT2D eigenvalue weighted by Gasteiger charge is 2.20. The number of carbonyl (C=O) groups excluding carboxylic acids is 2. The van der Waals surface area contributed by atoms with E-state index >= 15 is 0 Å². The summed E-state index contributed by atoms with van der Waals surface area (Å²) in [6, 6.07) is 11.2. The van der Waals surface area contributed by atoms with Crippen LogP contribution in [0.2, 0.25) is 0 Å². The van der Waals surface area contributed by atoms with Gasteiger partial charge in [0.15, 0.2) is 5.65 Å². The fraction of sp³-hybridized carbons (Fsp3) is 0.273. The molecule has 3 aromatic rings. The third kappa shape index (κ3) is 4.51. The molecule has 0 saturated heterocycles. The van der Waals surface area contributed by atoms with Gasteiger partial charge in [0, 0.05) is 48.7 Å². The van der Waals surface area contributed by atoms with Crippen molar-refractivity contribution in [2.24, 2.45) is 0 Å². The van der Waals surface area contributed by atoms with E-state index in [1.807, 2.05) is 57.2 Å². The summed E-state index contributed by atoms with van der Waals surface area (Å²) in [6.07, 6.45) is 1.58. The van der Waals surface area contributed by atoms with Crippen molar-refractivity contribution in [3.05, 3.63) is 53.9 Å². The van der Waals surface area contributed by atoms with Crippen molar-refractivity contribution in [2.45, 2.75) is 27.7 Å². The summed E-state index contributed by atoms with van der Waals surface area (Å²) in [5, 5.41) is 6.89. The number of anilines is 3. The molecule has 0 atom stereocenters. The first-order valence-corrected chi connectivity index (χ1v) is 9.63. The molecule has 7 nitrogen and oxygen atoms in total. The van der Waals surface area contributed by atoms with Crippen molar-refractivity contribution >= 4 is 39.9 Å². The normalized spacial score (nSPS) is 10.6. The maximum atomic E-state index is 13.1. The van der Waals surface area contributed by atoms with Crippen LogP contribution >= 0.6 is 0 Å². The number of nitrogens with one attached hydrogen (secondary N) is 2. The maximum absolute atomic E-state index is 13.1. The van der Waals surface area contributed by atoms with Crippen LogP contribution in [0, 0.1) is 6.92 Å². The molecule has 7 heteroatoms. The van der Waals surface area contributed by atoms with Gasteiger partial charge in [-0.3, -0.25) is 9.59 Å². The maximum Gasteiger partial charge on any atom is 0.257 e. The van der Waals surface area contributed by atoms with Crippen molar-refractivity contribution in [1.82, 2.24) is 14.9 Å². The zero-order valence-corrected chi connectivity index (χ0v) is 17.1. The Morgan fingerprint density at radius 3 is 2.48 bits per heavy atom. The topological polar surface area (TPSA) is 87.2 Å². The molecule has 150 valence electrons. The molecule has 0 unspecified atom stereocenters. The van der Waals surface area contributed by atoms with E-state index in [1.54, 1.807) is 11.1 Å². The molecule has 0 aliphatic rings. The van der Waals surface area contributed by atoms with Gasteiger partial charge in [0.25, 0.3) is 5.91 Å². The van der Waals surface area contributed by atoms with E-state index in [-0.39, 0.29) is 11.8 Å². The fourth-order valence-corrected chi connectivity index (χ4v) is 3.17. The number of benzene rings is 1. The van der Waals surface area contributed by atoms with E-state index < -0.39 is 0 Å². The van der Waals surface area contributed by atoms with Crippen molar-refractivity contribution in [3.63, 3.8) is 0 Å². The van der Waals surface area contributed by atoms with Gasteiger partial charge in [-0.1, -0.05) is 6.07 Å². The Balaban J connectivity index is 2.12. The number of rotatable bonds is 6. The Hall–Kier alpha value is -3.48. The molecule has 1 aromatic carbocycles. The second-order valence-corrected chi connectivity index (χ2v) is 6.74. The number of hydrogen-bond donors (Lipinski definition) is 2. The second-order valence-electron chi connectivity index (χ2n) is 6.74. The number of carbonyl (C=O) groups is 2. The monoisotopic (exact) mass is 391 g/mol. The van der Waals surface area contributed by atoms with Crippen LogP contribution in [0.1, 0.15) is 36.8 Å². The predicted octanol–water partition coefficient (Wildman–Crippen LogP) is 4.12. The number of aryl methyl sites for hydroxylation is 1. The number of hydrogen-bond acceptors (Lipinski definition) is 5. The summed E-state index contributed by atoms with van der Waals surface area (Å²) in [6.45, 7) is 8.48. The minimum atomic E-state index is -0.145. The van der Waals surface area contributed by atoms with Gasteiger partial charge in [0.2, 0.25) is 5.91 Å². The number of amides is 2. The Morgan fingerprint density at radius 1 is 1.07 bits per heavy atom. The quantitative estimate of drug-likeness (QED) is 0.660. The average molecular weight is 391 g/mol. The van der Waals surface area contributed by atoms with Gasteiger partial charge >= 0.3 is 0 Å².